The maximum absolute atomic E-state index is 13.2. The van der Waals surface area contributed by atoms with Crippen LogP contribution in [0.5, 0.6) is 0 Å². The molecule has 0 saturated carbocycles. The third-order valence-corrected chi connectivity index (χ3v) is 2.04. The number of hydrogen-bond acceptors (Lipinski definition) is 2. The highest BCUT2D eigenvalue weighted by Crippen LogP contribution is 2.49. The fourth-order valence-electron chi connectivity index (χ4n) is 1.10. The number of nitrogen functional groups attached to an aromatic ring is 1. The first-order valence-electron chi connectivity index (χ1n) is 4.22. The van der Waals surface area contributed by atoms with Gasteiger partial charge in [-0.3, -0.25) is 0 Å². The molecule has 0 amide bonds. The van der Waals surface area contributed by atoms with E-state index < -0.39 is 23.5 Å². The highest BCUT2D eigenvalue weighted by atomic mass is 19.4. The molecule has 0 aliphatic rings. The lowest BCUT2D eigenvalue weighted by Crippen LogP contribution is -2.53. The molecule has 0 fully saturated rings. The zero-order valence-corrected chi connectivity index (χ0v) is 8.10. The van der Waals surface area contributed by atoms with Gasteiger partial charge in [-0.25, -0.2) is 0 Å². The Labute approximate surface area is 91.7 Å². The lowest BCUT2D eigenvalue weighted by Gasteiger charge is -2.30. The average molecular weight is 259 g/mol. The SMILES string of the molecule is Nc1cccc(C(F)(F)C(O)(F)C(F)(F)F)c1. The smallest absolute Gasteiger partial charge is 0.399 e. The number of hydrogen-bond donors (Lipinski definition) is 2. The summed E-state index contributed by atoms with van der Waals surface area (Å²) in [5.74, 6) is -10.8. The predicted molar refractivity (Wildman–Crippen MR) is 46.9 cm³/mol. The molecule has 0 aliphatic carbocycles. The molecule has 0 radical (unpaired) electrons. The van der Waals surface area contributed by atoms with Crippen LogP contribution in [0.25, 0.3) is 0 Å². The van der Waals surface area contributed by atoms with Crippen molar-refractivity contribution < 1.29 is 31.4 Å². The van der Waals surface area contributed by atoms with Crippen LogP contribution in [0.15, 0.2) is 24.3 Å². The van der Waals surface area contributed by atoms with Crippen LogP contribution < -0.4 is 5.73 Å². The van der Waals surface area contributed by atoms with E-state index in [1.165, 1.54) is 0 Å². The standard InChI is InChI=1S/C9H7F6NO/c10-7(11,8(12,17)9(13,14)15)5-2-1-3-6(16)4-5/h1-4,17H,16H2. The lowest BCUT2D eigenvalue weighted by molar-refractivity contribution is -0.390. The molecule has 0 heterocycles. The van der Waals surface area contributed by atoms with Gasteiger partial charge in [0.2, 0.25) is 0 Å². The van der Waals surface area contributed by atoms with Crippen molar-refractivity contribution in [3.63, 3.8) is 0 Å². The number of alkyl halides is 6. The van der Waals surface area contributed by atoms with Crippen LogP contribution in [0, 0.1) is 0 Å². The van der Waals surface area contributed by atoms with Gasteiger partial charge in [0.1, 0.15) is 0 Å². The number of aliphatic hydroxyl groups is 1. The monoisotopic (exact) mass is 259 g/mol. The van der Waals surface area contributed by atoms with Crippen LogP contribution in [0.2, 0.25) is 0 Å². The summed E-state index contributed by atoms with van der Waals surface area (Å²) in [7, 11) is 0. The normalized spacial score (nSPS) is 16.6. The number of rotatable bonds is 2. The molecule has 0 spiro atoms. The minimum absolute atomic E-state index is 0.278. The van der Waals surface area contributed by atoms with Gasteiger partial charge in [-0.15, -0.1) is 0 Å². The van der Waals surface area contributed by atoms with Gasteiger partial charge < -0.3 is 10.8 Å². The highest BCUT2D eigenvalue weighted by Gasteiger charge is 2.71. The van der Waals surface area contributed by atoms with E-state index in [4.69, 9.17) is 10.8 Å². The van der Waals surface area contributed by atoms with E-state index in [0.29, 0.717) is 12.1 Å². The fraction of sp³-hybridized carbons (Fsp3) is 0.333. The van der Waals surface area contributed by atoms with E-state index in [-0.39, 0.29) is 5.69 Å². The first kappa shape index (κ1) is 13.6. The maximum Gasteiger partial charge on any atom is 0.455 e. The summed E-state index contributed by atoms with van der Waals surface area (Å²) in [4.78, 5) is 0. The van der Waals surface area contributed by atoms with Gasteiger partial charge in [-0.05, 0) is 12.1 Å². The molecule has 0 aromatic heterocycles. The van der Waals surface area contributed by atoms with Crippen molar-refractivity contribution in [2.75, 3.05) is 5.73 Å². The molecular formula is C9H7F6NO. The molecule has 96 valence electrons. The predicted octanol–water partition coefficient (Wildman–Crippen LogP) is 2.58. The zero-order chi connectivity index (χ0) is 13.5. The molecule has 1 rings (SSSR count). The second-order valence-electron chi connectivity index (χ2n) is 3.32. The number of anilines is 1. The summed E-state index contributed by atoms with van der Waals surface area (Å²) in [5, 5.41) is 8.34. The molecule has 0 saturated heterocycles. The molecule has 1 unspecified atom stereocenters. The van der Waals surface area contributed by atoms with Crippen LogP contribution in [-0.4, -0.2) is 17.1 Å². The Bertz CT molecular complexity index is 414. The van der Waals surface area contributed by atoms with E-state index in [9.17, 15) is 26.3 Å². The molecule has 1 aromatic carbocycles. The number of nitrogens with two attached hydrogens (primary N) is 1. The third kappa shape index (κ3) is 2.17. The van der Waals surface area contributed by atoms with Crippen LogP contribution in [0.3, 0.4) is 0 Å². The first-order valence-corrected chi connectivity index (χ1v) is 4.22. The van der Waals surface area contributed by atoms with E-state index >= 15 is 0 Å². The van der Waals surface area contributed by atoms with Crippen LogP contribution in [0.4, 0.5) is 32.0 Å². The Hall–Kier alpha value is -1.44. The Kier molecular flexibility index (Phi) is 3.04. The Morgan fingerprint density at radius 1 is 1.00 bits per heavy atom. The largest absolute Gasteiger partial charge is 0.455 e. The summed E-state index contributed by atoms with van der Waals surface area (Å²) in [5.41, 5.74) is 3.45. The van der Waals surface area contributed by atoms with Gasteiger partial charge in [0.05, 0.1) is 0 Å². The van der Waals surface area contributed by atoms with E-state index in [1.807, 2.05) is 0 Å². The minimum atomic E-state index is -6.12. The van der Waals surface area contributed by atoms with Crippen molar-refractivity contribution >= 4 is 5.69 Å². The van der Waals surface area contributed by atoms with Gasteiger partial charge in [0.25, 0.3) is 0 Å². The summed E-state index contributed by atoms with van der Waals surface area (Å²) in [6, 6.07) is 3.04. The van der Waals surface area contributed by atoms with Gasteiger partial charge in [-0.1, -0.05) is 12.1 Å². The lowest BCUT2D eigenvalue weighted by atomic mass is 10.0. The van der Waals surface area contributed by atoms with E-state index in [2.05, 4.69) is 0 Å². The maximum atomic E-state index is 13.2. The van der Waals surface area contributed by atoms with Crippen LogP contribution in [0.1, 0.15) is 5.56 Å². The summed E-state index contributed by atoms with van der Waals surface area (Å²) >= 11 is 0. The summed E-state index contributed by atoms with van der Waals surface area (Å²) in [6.45, 7) is 0. The van der Waals surface area contributed by atoms with E-state index in [0.717, 1.165) is 12.1 Å². The molecule has 8 heteroatoms. The second-order valence-corrected chi connectivity index (χ2v) is 3.32. The zero-order valence-electron chi connectivity index (χ0n) is 8.10. The molecule has 3 N–H and O–H groups in total. The summed E-state index contributed by atoms with van der Waals surface area (Å²) in [6.07, 6.45) is -6.12. The van der Waals surface area contributed by atoms with Crippen molar-refractivity contribution in [2.45, 2.75) is 18.0 Å². The van der Waals surface area contributed by atoms with Crippen LogP contribution >= 0.6 is 0 Å². The third-order valence-electron chi connectivity index (χ3n) is 2.04. The number of halogens is 6. The molecule has 0 bridgehead atoms. The Morgan fingerprint density at radius 3 is 1.94 bits per heavy atom. The van der Waals surface area contributed by atoms with Crippen molar-refractivity contribution in [2.24, 2.45) is 0 Å². The molecule has 2 nitrogen and oxygen atoms in total. The van der Waals surface area contributed by atoms with Gasteiger partial charge in [0, 0.05) is 11.3 Å². The van der Waals surface area contributed by atoms with Gasteiger partial charge in [-0.2, -0.15) is 26.3 Å². The van der Waals surface area contributed by atoms with E-state index in [1.54, 1.807) is 0 Å². The molecule has 0 aliphatic heterocycles. The Balaban J connectivity index is 3.28. The van der Waals surface area contributed by atoms with Gasteiger partial charge >= 0.3 is 18.0 Å². The molecule has 1 atom stereocenters. The highest BCUT2D eigenvalue weighted by molar-refractivity contribution is 5.42. The van der Waals surface area contributed by atoms with Crippen molar-refractivity contribution in [1.82, 2.24) is 0 Å². The molecule has 1 aromatic rings. The second kappa shape index (κ2) is 3.80. The van der Waals surface area contributed by atoms with Crippen molar-refractivity contribution in [3.05, 3.63) is 29.8 Å². The summed E-state index contributed by atoms with van der Waals surface area (Å²) < 4.78 is 75.2. The minimum Gasteiger partial charge on any atom is -0.399 e. The molecular weight excluding hydrogens is 252 g/mol. The topological polar surface area (TPSA) is 46.2 Å². The average Bonchev–Trinajstić information content (AvgIpc) is 2.15. The number of benzene rings is 1. The quantitative estimate of drug-likeness (QED) is 0.633. The Morgan fingerprint density at radius 2 is 1.53 bits per heavy atom. The van der Waals surface area contributed by atoms with Crippen LogP contribution in [-0.2, 0) is 5.92 Å². The molecule has 17 heavy (non-hydrogen) atoms. The first-order chi connectivity index (χ1) is 7.50. The van der Waals surface area contributed by atoms with Crippen molar-refractivity contribution in [1.29, 1.82) is 0 Å². The van der Waals surface area contributed by atoms with Gasteiger partial charge in [0.15, 0.2) is 0 Å². The van der Waals surface area contributed by atoms with Crippen molar-refractivity contribution in [3.8, 4) is 0 Å². The fourth-order valence-corrected chi connectivity index (χ4v) is 1.10.